The van der Waals surface area contributed by atoms with Crippen molar-refractivity contribution in [2.24, 2.45) is 0 Å². The Morgan fingerprint density at radius 2 is 2.20 bits per heavy atom. The number of hydrogen-bond acceptors (Lipinski definition) is 5. The lowest BCUT2D eigenvalue weighted by atomic mass is 10.1. The topological polar surface area (TPSA) is 92.5 Å². The Kier molecular flexibility index (Phi) is 3.21. The number of carbonyl (C=O) groups excluding carboxylic acids is 1. The summed E-state index contributed by atoms with van der Waals surface area (Å²) in [6.45, 7) is 1.75. The van der Waals surface area contributed by atoms with Gasteiger partial charge in [-0.25, -0.2) is 18.7 Å². The molecule has 0 aliphatic carbocycles. The first-order chi connectivity index (χ1) is 12.0. The number of benzene rings is 1. The van der Waals surface area contributed by atoms with Crippen LogP contribution in [-0.4, -0.2) is 37.8 Å². The summed E-state index contributed by atoms with van der Waals surface area (Å²) < 4.78 is 19.7. The van der Waals surface area contributed by atoms with Crippen LogP contribution >= 0.6 is 0 Å². The third-order valence-electron chi connectivity index (χ3n) is 4.21. The molecule has 3 heterocycles. The van der Waals surface area contributed by atoms with E-state index in [2.05, 4.69) is 15.1 Å². The Balaban J connectivity index is 2.07. The van der Waals surface area contributed by atoms with Crippen LogP contribution in [0.3, 0.4) is 0 Å². The number of rotatable bonds is 2. The molecule has 8 heteroatoms. The van der Waals surface area contributed by atoms with Gasteiger partial charge in [-0.15, -0.1) is 0 Å². The van der Waals surface area contributed by atoms with Crippen molar-refractivity contribution >= 4 is 22.4 Å². The van der Waals surface area contributed by atoms with Gasteiger partial charge in [-0.1, -0.05) is 0 Å². The molecular weight excluding hydrogens is 327 g/mol. The lowest BCUT2D eigenvalue weighted by Crippen LogP contribution is -2.00. The van der Waals surface area contributed by atoms with Crippen molar-refractivity contribution in [3.8, 4) is 17.1 Å². The molecule has 0 unspecified atom stereocenters. The third-order valence-corrected chi connectivity index (χ3v) is 4.21. The van der Waals surface area contributed by atoms with E-state index in [1.807, 2.05) is 0 Å². The summed E-state index contributed by atoms with van der Waals surface area (Å²) in [5, 5.41) is 15.1. The molecule has 3 aromatic heterocycles. The van der Waals surface area contributed by atoms with E-state index in [0.29, 0.717) is 38.8 Å². The van der Waals surface area contributed by atoms with Gasteiger partial charge in [0, 0.05) is 11.6 Å². The van der Waals surface area contributed by atoms with Gasteiger partial charge in [0.05, 0.1) is 29.3 Å². The normalized spacial score (nSPS) is 11.3. The maximum atomic E-state index is 13.4. The van der Waals surface area contributed by atoms with Crippen molar-refractivity contribution in [2.45, 2.75) is 6.92 Å². The van der Waals surface area contributed by atoms with E-state index in [1.54, 1.807) is 19.2 Å². The molecule has 0 aliphatic heterocycles. The summed E-state index contributed by atoms with van der Waals surface area (Å²) in [5.74, 6) is -1.04. The van der Waals surface area contributed by atoms with E-state index >= 15 is 0 Å². The molecule has 25 heavy (non-hydrogen) atoms. The SMILES string of the molecule is COC(=O)c1cn2ncnc(-c3c(O)[nH]c4cc(F)ccc34)c2c1C. The van der Waals surface area contributed by atoms with Crippen LogP contribution < -0.4 is 0 Å². The van der Waals surface area contributed by atoms with Crippen molar-refractivity contribution in [3.05, 3.63) is 47.7 Å². The molecule has 0 radical (unpaired) electrons. The Hall–Kier alpha value is -3.42. The molecular formula is C17H13FN4O3. The van der Waals surface area contributed by atoms with Gasteiger partial charge in [0.25, 0.3) is 0 Å². The predicted molar refractivity (Wildman–Crippen MR) is 88.0 cm³/mol. The molecule has 0 amide bonds. The molecule has 4 rings (SSSR count). The molecule has 0 saturated heterocycles. The smallest absolute Gasteiger partial charge is 0.339 e. The molecule has 0 spiro atoms. The molecule has 126 valence electrons. The molecule has 0 fully saturated rings. The van der Waals surface area contributed by atoms with E-state index in [4.69, 9.17) is 4.74 Å². The Labute approximate surface area is 140 Å². The minimum absolute atomic E-state index is 0.138. The molecule has 0 atom stereocenters. The van der Waals surface area contributed by atoms with Crippen molar-refractivity contribution in [2.75, 3.05) is 7.11 Å². The standard InChI is InChI=1S/C17H13FN4O3/c1-8-11(17(24)25-2)6-22-15(8)14(19-7-20-22)13-10-4-3-9(18)5-12(10)21-16(13)23/h3-7,21,23H,1-2H3. The number of nitrogens with zero attached hydrogens (tertiary/aromatic N) is 3. The molecule has 7 nitrogen and oxygen atoms in total. The van der Waals surface area contributed by atoms with Crippen LogP contribution in [0.2, 0.25) is 0 Å². The monoisotopic (exact) mass is 340 g/mol. The minimum atomic E-state index is -0.487. The number of aryl methyl sites for hydroxylation is 1. The first-order valence-corrected chi connectivity index (χ1v) is 7.43. The van der Waals surface area contributed by atoms with Gasteiger partial charge >= 0.3 is 5.97 Å². The number of carbonyl (C=O) groups is 1. The van der Waals surface area contributed by atoms with Crippen LogP contribution in [0.25, 0.3) is 27.7 Å². The quantitative estimate of drug-likeness (QED) is 0.547. The van der Waals surface area contributed by atoms with Crippen LogP contribution in [0.5, 0.6) is 5.88 Å². The Bertz CT molecular complexity index is 1150. The van der Waals surface area contributed by atoms with Gasteiger partial charge in [-0.05, 0) is 30.7 Å². The van der Waals surface area contributed by atoms with Gasteiger partial charge in [0.1, 0.15) is 17.8 Å². The van der Waals surface area contributed by atoms with E-state index in [9.17, 15) is 14.3 Å². The zero-order chi connectivity index (χ0) is 17.7. The second-order valence-corrected chi connectivity index (χ2v) is 5.60. The van der Waals surface area contributed by atoms with Crippen molar-refractivity contribution in [1.29, 1.82) is 0 Å². The average molecular weight is 340 g/mol. The largest absolute Gasteiger partial charge is 0.494 e. The van der Waals surface area contributed by atoms with Gasteiger partial charge in [-0.2, -0.15) is 5.10 Å². The zero-order valence-corrected chi connectivity index (χ0v) is 13.4. The fourth-order valence-corrected chi connectivity index (χ4v) is 3.05. The number of halogens is 1. The van der Waals surface area contributed by atoms with E-state index in [0.717, 1.165) is 0 Å². The maximum Gasteiger partial charge on any atom is 0.339 e. The number of H-pyrrole nitrogens is 1. The average Bonchev–Trinajstić information content (AvgIpc) is 3.10. The van der Waals surface area contributed by atoms with Crippen LogP contribution in [-0.2, 0) is 4.74 Å². The van der Waals surface area contributed by atoms with Crippen molar-refractivity contribution in [3.63, 3.8) is 0 Å². The van der Waals surface area contributed by atoms with Gasteiger partial charge in [0.2, 0.25) is 0 Å². The van der Waals surface area contributed by atoms with Crippen molar-refractivity contribution in [1.82, 2.24) is 19.6 Å². The summed E-state index contributed by atoms with van der Waals surface area (Å²) in [6, 6.07) is 4.17. The van der Waals surface area contributed by atoms with Crippen molar-refractivity contribution < 1.29 is 19.0 Å². The van der Waals surface area contributed by atoms with Crippen LogP contribution in [0.4, 0.5) is 4.39 Å². The predicted octanol–water partition coefficient (Wildman–Crippen LogP) is 2.82. The lowest BCUT2D eigenvalue weighted by molar-refractivity contribution is 0.0600. The number of methoxy groups -OCH3 is 1. The van der Waals surface area contributed by atoms with Gasteiger partial charge in [0.15, 0.2) is 5.88 Å². The Morgan fingerprint density at radius 3 is 2.96 bits per heavy atom. The first kappa shape index (κ1) is 15.1. The Morgan fingerprint density at radius 1 is 1.40 bits per heavy atom. The number of aromatic nitrogens is 4. The first-order valence-electron chi connectivity index (χ1n) is 7.43. The second-order valence-electron chi connectivity index (χ2n) is 5.60. The van der Waals surface area contributed by atoms with E-state index in [-0.39, 0.29) is 5.88 Å². The summed E-state index contributed by atoms with van der Waals surface area (Å²) in [4.78, 5) is 19.0. The number of fused-ring (bicyclic) bond motifs is 2. The number of aromatic hydroxyl groups is 1. The molecule has 0 bridgehead atoms. The third kappa shape index (κ3) is 2.14. The maximum absolute atomic E-state index is 13.4. The zero-order valence-electron chi connectivity index (χ0n) is 13.4. The highest BCUT2D eigenvalue weighted by atomic mass is 19.1. The molecule has 4 aromatic rings. The fraction of sp³-hybridized carbons (Fsp3) is 0.118. The second kappa shape index (κ2) is 5.30. The minimum Gasteiger partial charge on any atom is -0.494 e. The fourth-order valence-electron chi connectivity index (χ4n) is 3.05. The molecule has 2 N–H and O–H groups in total. The van der Waals surface area contributed by atoms with Crippen LogP contribution in [0.15, 0.2) is 30.7 Å². The number of ether oxygens (including phenoxy) is 1. The molecule has 0 aliphatic rings. The number of esters is 1. The molecule has 1 aromatic carbocycles. The molecule has 0 saturated carbocycles. The summed E-state index contributed by atoms with van der Waals surface area (Å²) in [6.07, 6.45) is 2.87. The highest BCUT2D eigenvalue weighted by molar-refractivity contribution is 6.03. The summed E-state index contributed by atoms with van der Waals surface area (Å²) in [5.41, 5.74) is 2.83. The highest BCUT2D eigenvalue weighted by Gasteiger charge is 2.22. The highest BCUT2D eigenvalue weighted by Crippen LogP contribution is 2.38. The number of nitrogens with one attached hydrogen (secondary N) is 1. The van der Waals surface area contributed by atoms with Crippen LogP contribution in [0, 0.1) is 12.7 Å². The number of aromatic amines is 1. The van der Waals surface area contributed by atoms with Gasteiger partial charge < -0.3 is 14.8 Å². The van der Waals surface area contributed by atoms with E-state index < -0.39 is 11.8 Å². The van der Waals surface area contributed by atoms with Crippen LogP contribution in [0.1, 0.15) is 15.9 Å². The van der Waals surface area contributed by atoms with Gasteiger partial charge in [-0.3, -0.25) is 0 Å². The lowest BCUT2D eigenvalue weighted by Gasteiger charge is -2.04. The summed E-state index contributed by atoms with van der Waals surface area (Å²) >= 11 is 0. The number of hydrogen-bond donors (Lipinski definition) is 2. The summed E-state index contributed by atoms with van der Waals surface area (Å²) in [7, 11) is 1.30. The van der Waals surface area contributed by atoms with E-state index in [1.165, 1.54) is 30.1 Å².